The molecule has 0 bridgehead atoms. The molecule has 14 aromatic carbocycles. The number of ether oxygens (including phenoxy) is 4. The Balaban J connectivity index is 0.843. The zero-order valence-corrected chi connectivity index (χ0v) is 46.8. The molecule has 0 amide bonds. The van der Waals surface area contributed by atoms with Crippen molar-refractivity contribution in [3.8, 4) is 56.0 Å². The lowest BCUT2D eigenvalue weighted by Crippen LogP contribution is -2.07. The quantitative estimate of drug-likeness (QED) is 0.0579. The molecule has 0 saturated carbocycles. The van der Waals surface area contributed by atoms with Gasteiger partial charge in [-0.15, -0.1) is 0 Å². The molecule has 0 unspecified atom stereocenters. The second-order valence-electron chi connectivity index (χ2n) is 21.7. The predicted octanol–water partition coefficient (Wildman–Crippen LogP) is 20.2. The first-order valence-corrected chi connectivity index (χ1v) is 28.9. The molecule has 0 aliphatic heterocycles. The van der Waals surface area contributed by atoms with E-state index in [1.165, 1.54) is 14.2 Å². The number of unbranched alkanes of at least 4 members (excludes halogenated alkanes) is 3. The van der Waals surface area contributed by atoms with Crippen LogP contribution in [0.3, 0.4) is 0 Å². The molecule has 84 heavy (non-hydrogen) atoms. The number of hydrogen-bond donors (Lipinski definition) is 0. The Labute approximate surface area is 487 Å². The van der Waals surface area contributed by atoms with E-state index in [1.807, 2.05) is 24.3 Å². The monoisotopic (exact) mass is 1090 g/mol. The molecule has 0 radical (unpaired) electrons. The van der Waals surface area contributed by atoms with Crippen LogP contribution in [-0.4, -0.2) is 39.4 Å². The molecule has 0 N–H and O–H groups in total. The average molecular weight is 1090 g/mol. The van der Waals surface area contributed by atoms with E-state index in [-0.39, 0.29) is 0 Å². The van der Waals surface area contributed by atoms with Crippen molar-refractivity contribution in [2.24, 2.45) is 0 Å². The molecule has 0 aliphatic carbocycles. The van der Waals surface area contributed by atoms with Crippen LogP contribution in [0.5, 0.6) is 11.5 Å². The van der Waals surface area contributed by atoms with Gasteiger partial charge in [-0.05, 0) is 160 Å². The highest BCUT2D eigenvalue weighted by molar-refractivity contribution is 6.20. The fourth-order valence-electron chi connectivity index (χ4n) is 12.9. The maximum Gasteiger partial charge on any atom is 0.337 e. The Bertz CT molecular complexity index is 4130. The van der Waals surface area contributed by atoms with Crippen molar-refractivity contribution in [1.82, 2.24) is 0 Å². The Morgan fingerprint density at radius 3 is 0.679 bits per heavy atom. The second kappa shape index (κ2) is 22.2. The molecule has 0 aliphatic rings. The van der Waals surface area contributed by atoms with E-state index < -0.39 is 11.9 Å². The number of hydrogen-bond acceptors (Lipinski definition) is 6. The summed E-state index contributed by atoms with van der Waals surface area (Å²) in [6, 6.07) is 84.4. The first-order chi connectivity index (χ1) is 41.4. The summed E-state index contributed by atoms with van der Waals surface area (Å²) in [5.74, 6) is 0.586. The third kappa shape index (κ3) is 9.26. The molecule has 0 spiro atoms. The Hall–Kier alpha value is -10.3. The van der Waals surface area contributed by atoms with Gasteiger partial charge in [0.15, 0.2) is 0 Å². The van der Waals surface area contributed by atoms with Crippen LogP contribution in [0.25, 0.3) is 131 Å². The zero-order chi connectivity index (χ0) is 56.7. The number of fused-ring (bicyclic) bond motifs is 8. The highest BCUT2D eigenvalue weighted by atomic mass is 16.5. The summed E-state index contributed by atoms with van der Waals surface area (Å²) in [5, 5.41) is 17.2. The van der Waals surface area contributed by atoms with Gasteiger partial charge in [-0.25, -0.2) is 9.59 Å². The van der Waals surface area contributed by atoms with Gasteiger partial charge in [0.25, 0.3) is 0 Å². The van der Waals surface area contributed by atoms with Crippen molar-refractivity contribution < 1.29 is 28.5 Å². The smallest absolute Gasteiger partial charge is 0.337 e. The lowest BCUT2D eigenvalue weighted by atomic mass is 9.86. The van der Waals surface area contributed by atoms with E-state index in [4.69, 9.17) is 18.9 Å². The van der Waals surface area contributed by atoms with Crippen molar-refractivity contribution in [3.63, 3.8) is 0 Å². The lowest BCUT2D eigenvalue weighted by Gasteiger charge is -2.22. The average Bonchev–Trinajstić information content (AvgIpc) is 2.53. The number of methoxy groups -OCH3 is 2. The molecule has 0 aromatic heterocycles. The predicted molar refractivity (Wildman–Crippen MR) is 347 cm³/mol. The van der Waals surface area contributed by atoms with Crippen LogP contribution >= 0.6 is 0 Å². The van der Waals surface area contributed by atoms with Gasteiger partial charge < -0.3 is 18.9 Å². The minimum absolute atomic E-state index is 0.421. The van der Waals surface area contributed by atoms with Crippen LogP contribution in [0.2, 0.25) is 0 Å². The zero-order valence-electron chi connectivity index (χ0n) is 46.8. The van der Waals surface area contributed by atoms with Gasteiger partial charge in [-0.1, -0.05) is 194 Å². The van der Waals surface area contributed by atoms with E-state index in [2.05, 4.69) is 218 Å². The number of rotatable bonds is 15. The first-order valence-electron chi connectivity index (χ1n) is 28.9. The number of esters is 2. The van der Waals surface area contributed by atoms with Gasteiger partial charge in [0.1, 0.15) is 11.5 Å². The molecule has 14 aromatic rings. The van der Waals surface area contributed by atoms with Crippen molar-refractivity contribution in [2.45, 2.75) is 25.7 Å². The molecule has 14 rings (SSSR count). The van der Waals surface area contributed by atoms with Crippen LogP contribution in [0.15, 0.2) is 243 Å². The standard InChI is InChI=1S/C78H58O6/c1-81-77(79)57-45-67(71-59-31-13-5-23-49(59)41-50-24-6-14-32-60(50)71)75(68(46-57)72-61-33-15-7-25-51(61)42-52-26-8-16-34-62(52)72)83-39-21-3-4-22-40-84-76-69(73-63-35-17-9-27-53(63)43-54-28-10-18-36-64(54)73)47-58(78(80)82-2)48-70(76)74-65-37-19-11-29-55(65)44-56-30-12-20-38-66(56)74/h5-20,23-38,41-48H,3-4,21-22,39-40H2,1-2H3. The van der Waals surface area contributed by atoms with Gasteiger partial charge in [0.05, 0.1) is 38.6 Å². The van der Waals surface area contributed by atoms with Gasteiger partial charge >= 0.3 is 11.9 Å². The minimum atomic E-state index is -0.421. The summed E-state index contributed by atoms with van der Waals surface area (Å²) in [5.41, 5.74) is 8.19. The topological polar surface area (TPSA) is 71.1 Å². The molecule has 0 heterocycles. The maximum absolute atomic E-state index is 14.0. The van der Waals surface area contributed by atoms with Gasteiger partial charge in [0.2, 0.25) is 0 Å². The van der Waals surface area contributed by atoms with Crippen LogP contribution in [-0.2, 0) is 9.47 Å². The molecule has 0 atom stereocenters. The molecule has 0 fully saturated rings. The minimum Gasteiger partial charge on any atom is -0.492 e. The largest absolute Gasteiger partial charge is 0.492 e. The summed E-state index contributed by atoms with van der Waals surface area (Å²) >= 11 is 0. The summed E-state index contributed by atoms with van der Waals surface area (Å²) in [6.45, 7) is 0.852. The van der Waals surface area contributed by atoms with Gasteiger partial charge in [-0.2, -0.15) is 0 Å². The van der Waals surface area contributed by atoms with Gasteiger partial charge in [-0.3, -0.25) is 0 Å². The molecule has 6 heteroatoms. The van der Waals surface area contributed by atoms with Crippen LogP contribution in [0, 0.1) is 0 Å². The third-order valence-electron chi connectivity index (χ3n) is 16.7. The normalized spacial score (nSPS) is 11.6. The van der Waals surface area contributed by atoms with E-state index in [0.29, 0.717) is 35.8 Å². The summed E-state index contributed by atoms with van der Waals surface area (Å²) in [4.78, 5) is 28.0. The van der Waals surface area contributed by atoms with E-state index in [1.54, 1.807) is 0 Å². The number of benzene rings is 14. The Kier molecular flexibility index (Phi) is 13.7. The SMILES string of the molecule is COC(=O)c1cc(-c2c3ccccc3cc3ccccc23)c(OCCCCCCOc2c(-c3c4ccccc4cc4ccccc34)cc(C(=O)OC)cc2-c2c3ccccc3cc3ccccc23)c(-c2c3ccccc3cc3ccccc23)c1. The molecule has 0 saturated heterocycles. The molecule has 406 valence electrons. The Morgan fingerprint density at radius 1 is 0.274 bits per heavy atom. The van der Waals surface area contributed by atoms with E-state index in [9.17, 15) is 9.59 Å². The first kappa shape index (κ1) is 51.8. The fraction of sp³-hybridized carbons (Fsp3) is 0.103. The summed E-state index contributed by atoms with van der Waals surface area (Å²) < 4.78 is 25.6. The second-order valence-corrected chi connectivity index (χ2v) is 21.7. The number of carbonyl (C=O) groups is 2. The lowest BCUT2D eigenvalue weighted by molar-refractivity contribution is 0.0592. The fourth-order valence-corrected chi connectivity index (χ4v) is 12.9. The van der Waals surface area contributed by atoms with Crippen LogP contribution < -0.4 is 9.47 Å². The maximum atomic E-state index is 14.0. The van der Waals surface area contributed by atoms with Crippen molar-refractivity contribution in [3.05, 3.63) is 254 Å². The molecule has 6 nitrogen and oxygen atoms in total. The Morgan fingerprint density at radius 2 is 0.476 bits per heavy atom. The summed E-state index contributed by atoms with van der Waals surface area (Å²) in [6.07, 6.45) is 3.26. The molecular formula is C78H58O6. The van der Waals surface area contributed by atoms with E-state index >= 15 is 0 Å². The molecular weight excluding hydrogens is 1030 g/mol. The number of carbonyl (C=O) groups excluding carboxylic acids is 2. The van der Waals surface area contributed by atoms with Crippen molar-refractivity contribution in [2.75, 3.05) is 27.4 Å². The van der Waals surface area contributed by atoms with Crippen molar-refractivity contribution >= 4 is 98.1 Å². The van der Waals surface area contributed by atoms with Crippen LogP contribution in [0.4, 0.5) is 0 Å². The highest BCUT2D eigenvalue weighted by Crippen LogP contribution is 2.51. The summed E-state index contributed by atoms with van der Waals surface area (Å²) in [7, 11) is 2.88. The van der Waals surface area contributed by atoms with Gasteiger partial charge in [0, 0.05) is 44.5 Å². The van der Waals surface area contributed by atoms with Crippen LogP contribution in [0.1, 0.15) is 46.4 Å². The highest BCUT2D eigenvalue weighted by Gasteiger charge is 2.27. The third-order valence-corrected chi connectivity index (χ3v) is 16.7. The van der Waals surface area contributed by atoms with Crippen molar-refractivity contribution in [1.29, 1.82) is 0 Å². The van der Waals surface area contributed by atoms with E-state index in [0.717, 1.165) is 156 Å².